The molecule has 0 aliphatic carbocycles. The minimum absolute atomic E-state index is 0.0914. The Morgan fingerprint density at radius 1 is 1.20 bits per heavy atom. The summed E-state index contributed by atoms with van der Waals surface area (Å²) in [6, 6.07) is 5.88. The van der Waals surface area contributed by atoms with Gasteiger partial charge in [0.2, 0.25) is 0 Å². The molecule has 0 atom stereocenters. The zero-order chi connectivity index (χ0) is 11.2. The monoisotopic (exact) mass is 204 g/mol. The number of fused-ring (bicyclic) bond motifs is 1. The second-order valence-electron chi connectivity index (χ2n) is 4.88. The predicted molar refractivity (Wildman–Crippen MR) is 61.3 cm³/mol. The number of nitrogens with zero attached hydrogens (tertiary/aromatic N) is 2. The van der Waals surface area contributed by atoms with Crippen molar-refractivity contribution in [3.05, 3.63) is 40.3 Å². The van der Waals surface area contributed by atoms with Crippen LogP contribution in [0.25, 0.3) is 5.52 Å². The van der Waals surface area contributed by atoms with Crippen LogP contribution in [-0.2, 0) is 12.5 Å². The maximum atomic E-state index is 12.1. The molecule has 80 valence electrons. The number of aryl methyl sites for hydroxylation is 1. The van der Waals surface area contributed by atoms with Crippen molar-refractivity contribution in [2.45, 2.75) is 26.2 Å². The van der Waals surface area contributed by atoms with E-state index in [2.05, 4.69) is 20.8 Å². The lowest BCUT2D eigenvalue weighted by molar-refractivity contribution is 0.584. The topological polar surface area (TPSA) is 26.4 Å². The molecule has 2 aromatic rings. The summed E-state index contributed by atoms with van der Waals surface area (Å²) in [6.45, 7) is 6.20. The van der Waals surface area contributed by atoms with Gasteiger partial charge in [0, 0.05) is 18.8 Å². The molecule has 0 aliphatic heterocycles. The van der Waals surface area contributed by atoms with Crippen molar-refractivity contribution in [3.63, 3.8) is 0 Å². The van der Waals surface area contributed by atoms with Gasteiger partial charge < -0.3 is 0 Å². The maximum absolute atomic E-state index is 12.1. The van der Waals surface area contributed by atoms with Gasteiger partial charge in [-0.25, -0.2) is 4.68 Å². The van der Waals surface area contributed by atoms with E-state index in [0.29, 0.717) is 0 Å². The van der Waals surface area contributed by atoms with E-state index >= 15 is 0 Å². The lowest BCUT2D eigenvalue weighted by atomic mass is 9.88. The van der Waals surface area contributed by atoms with E-state index < -0.39 is 0 Å². The van der Waals surface area contributed by atoms with Crippen LogP contribution in [0.15, 0.2) is 29.2 Å². The molecule has 0 saturated carbocycles. The molecule has 0 saturated heterocycles. The summed E-state index contributed by atoms with van der Waals surface area (Å²) >= 11 is 0. The van der Waals surface area contributed by atoms with E-state index in [1.54, 1.807) is 11.7 Å². The molecule has 0 unspecified atom stereocenters. The maximum Gasteiger partial charge on any atom is 0.271 e. The lowest BCUT2D eigenvalue weighted by Crippen LogP contribution is -2.24. The summed E-state index contributed by atoms with van der Waals surface area (Å²) in [4.78, 5) is 12.1. The van der Waals surface area contributed by atoms with Crippen LogP contribution in [0.2, 0.25) is 0 Å². The molecular weight excluding hydrogens is 188 g/mol. The lowest BCUT2D eigenvalue weighted by Gasteiger charge is -2.15. The Morgan fingerprint density at radius 3 is 2.47 bits per heavy atom. The highest BCUT2D eigenvalue weighted by molar-refractivity contribution is 5.56. The van der Waals surface area contributed by atoms with E-state index in [-0.39, 0.29) is 11.0 Å². The zero-order valence-corrected chi connectivity index (χ0v) is 9.61. The molecule has 0 radical (unpaired) electrons. The quantitative estimate of drug-likeness (QED) is 0.644. The number of rotatable bonds is 0. The first-order valence-electron chi connectivity index (χ1n) is 5.10. The average molecular weight is 204 g/mol. The van der Waals surface area contributed by atoms with Crippen molar-refractivity contribution in [2.75, 3.05) is 0 Å². The standard InChI is InChI=1S/C12H16N2O/c1-12(2,3)10-9-7-5-6-8-14(9)13(4)11(10)15/h5-8H,1-4H3. The SMILES string of the molecule is Cn1c(=O)c(C(C)(C)C)c2ccccn21. The van der Waals surface area contributed by atoms with Crippen LogP contribution in [0.4, 0.5) is 0 Å². The van der Waals surface area contributed by atoms with Gasteiger partial charge in [0.15, 0.2) is 0 Å². The van der Waals surface area contributed by atoms with Crippen molar-refractivity contribution >= 4 is 5.52 Å². The number of aromatic nitrogens is 2. The molecule has 2 aromatic heterocycles. The third-order valence-electron chi connectivity index (χ3n) is 2.68. The highest BCUT2D eigenvalue weighted by Gasteiger charge is 2.23. The van der Waals surface area contributed by atoms with Crippen molar-refractivity contribution in [1.29, 1.82) is 0 Å². The van der Waals surface area contributed by atoms with E-state index in [4.69, 9.17) is 0 Å². The van der Waals surface area contributed by atoms with Gasteiger partial charge in [-0.3, -0.25) is 9.31 Å². The Hall–Kier alpha value is -1.51. The summed E-state index contributed by atoms with van der Waals surface area (Å²) in [5.74, 6) is 0. The van der Waals surface area contributed by atoms with Crippen LogP contribution < -0.4 is 5.56 Å². The average Bonchev–Trinajstić information content (AvgIpc) is 2.39. The third-order valence-corrected chi connectivity index (χ3v) is 2.68. The van der Waals surface area contributed by atoms with Gasteiger partial charge in [0.25, 0.3) is 5.56 Å². The molecule has 0 fully saturated rings. The summed E-state index contributed by atoms with van der Waals surface area (Å²) < 4.78 is 3.54. The van der Waals surface area contributed by atoms with Crippen molar-refractivity contribution in [2.24, 2.45) is 7.05 Å². The van der Waals surface area contributed by atoms with Crippen LogP contribution in [0.1, 0.15) is 26.3 Å². The molecule has 2 rings (SSSR count). The zero-order valence-electron chi connectivity index (χ0n) is 9.61. The Kier molecular flexibility index (Phi) is 2.00. The third kappa shape index (κ3) is 1.39. The Morgan fingerprint density at radius 2 is 1.87 bits per heavy atom. The summed E-state index contributed by atoms with van der Waals surface area (Å²) in [6.07, 6.45) is 1.91. The van der Waals surface area contributed by atoms with Crippen LogP contribution in [-0.4, -0.2) is 9.20 Å². The summed E-state index contributed by atoms with van der Waals surface area (Å²) in [5, 5.41) is 0. The van der Waals surface area contributed by atoms with Crippen molar-refractivity contribution < 1.29 is 0 Å². The fourth-order valence-electron chi connectivity index (χ4n) is 1.97. The van der Waals surface area contributed by atoms with Gasteiger partial charge in [-0.15, -0.1) is 0 Å². The predicted octanol–water partition coefficient (Wildman–Crippen LogP) is 1.94. The largest absolute Gasteiger partial charge is 0.271 e. The number of pyridine rings is 1. The van der Waals surface area contributed by atoms with Crippen LogP contribution in [0.5, 0.6) is 0 Å². The minimum Gasteiger partial charge on any atom is -0.267 e. The highest BCUT2D eigenvalue weighted by Crippen LogP contribution is 2.23. The van der Waals surface area contributed by atoms with E-state index in [1.807, 2.05) is 28.9 Å². The molecule has 0 N–H and O–H groups in total. The molecule has 3 nitrogen and oxygen atoms in total. The molecular formula is C12H16N2O. The summed E-state index contributed by atoms with van der Waals surface area (Å²) in [5.41, 5.74) is 1.85. The van der Waals surface area contributed by atoms with Crippen LogP contribution in [0, 0.1) is 0 Å². The van der Waals surface area contributed by atoms with Crippen molar-refractivity contribution in [1.82, 2.24) is 9.20 Å². The molecule has 15 heavy (non-hydrogen) atoms. The molecule has 0 aromatic carbocycles. The van der Waals surface area contributed by atoms with Gasteiger partial charge in [-0.1, -0.05) is 26.8 Å². The van der Waals surface area contributed by atoms with Gasteiger partial charge in [-0.2, -0.15) is 0 Å². The van der Waals surface area contributed by atoms with Gasteiger partial charge in [-0.05, 0) is 17.5 Å². The normalized spacial score (nSPS) is 12.3. The Balaban J connectivity index is 2.97. The van der Waals surface area contributed by atoms with Crippen molar-refractivity contribution in [3.8, 4) is 0 Å². The molecule has 0 bridgehead atoms. The first-order valence-corrected chi connectivity index (χ1v) is 5.10. The first kappa shape index (κ1) is 10.0. The minimum atomic E-state index is -0.120. The molecule has 0 spiro atoms. The molecule has 0 aliphatic rings. The second kappa shape index (κ2) is 2.99. The molecule has 2 heterocycles. The van der Waals surface area contributed by atoms with Crippen LogP contribution >= 0.6 is 0 Å². The first-order chi connectivity index (χ1) is 6.93. The smallest absolute Gasteiger partial charge is 0.267 e. The van der Waals surface area contributed by atoms with Gasteiger partial charge in [0.1, 0.15) is 0 Å². The molecule has 3 heteroatoms. The van der Waals surface area contributed by atoms with E-state index in [9.17, 15) is 4.79 Å². The van der Waals surface area contributed by atoms with E-state index in [1.165, 1.54) is 0 Å². The number of hydrogen-bond donors (Lipinski definition) is 0. The fraction of sp³-hybridized carbons (Fsp3) is 0.417. The second-order valence-corrected chi connectivity index (χ2v) is 4.88. The summed E-state index contributed by atoms with van der Waals surface area (Å²) in [7, 11) is 1.80. The van der Waals surface area contributed by atoms with Gasteiger partial charge >= 0.3 is 0 Å². The Bertz CT molecular complexity index is 555. The Labute approximate surface area is 88.9 Å². The highest BCUT2D eigenvalue weighted by atomic mass is 16.1. The molecule has 0 amide bonds. The van der Waals surface area contributed by atoms with E-state index in [0.717, 1.165) is 11.1 Å². The number of hydrogen-bond acceptors (Lipinski definition) is 1. The fourth-order valence-corrected chi connectivity index (χ4v) is 1.97. The van der Waals surface area contributed by atoms with Crippen LogP contribution in [0.3, 0.4) is 0 Å². The van der Waals surface area contributed by atoms with Gasteiger partial charge in [0.05, 0.1) is 5.52 Å².